The second-order valence-corrected chi connectivity index (χ2v) is 19.8. The summed E-state index contributed by atoms with van der Waals surface area (Å²) >= 11 is 2.08. The Kier molecular flexibility index (Phi) is 14.7. The third-order valence-electron chi connectivity index (χ3n) is 7.84. The molecule has 1 N–H and O–H groups in total. The van der Waals surface area contributed by atoms with Gasteiger partial charge in [-0.25, -0.2) is 0 Å². The van der Waals surface area contributed by atoms with Crippen LogP contribution >= 0.6 is 22.6 Å². The number of ether oxygens (including phenoxy) is 5. The highest BCUT2D eigenvalue weighted by Gasteiger charge is 2.57. The second kappa shape index (κ2) is 17.0. The molecule has 1 fully saturated rings. The fourth-order valence-electron chi connectivity index (χ4n) is 4.80. The van der Waals surface area contributed by atoms with Crippen LogP contribution in [0.1, 0.15) is 115 Å². The first-order valence-corrected chi connectivity index (χ1v) is 18.7. The van der Waals surface area contributed by atoms with E-state index in [0.717, 1.165) is 8.47 Å². The third kappa shape index (κ3) is 12.9. The van der Waals surface area contributed by atoms with Gasteiger partial charge >= 0.3 is 23.9 Å². The van der Waals surface area contributed by atoms with Crippen LogP contribution < -0.4 is 5.32 Å². The van der Waals surface area contributed by atoms with Gasteiger partial charge in [0.05, 0.1) is 27.6 Å². The summed E-state index contributed by atoms with van der Waals surface area (Å²) in [5.41, 5.74) is -4.54. The lowest BCUT2D eigenvalue weighted by molar-refractivity contribution is -0.312. The molecule has 0 saturated carbocycles. The molecule has 1 aliphatic heterocycles. The molecular formula is C39H59IN2O11. The van der Waals surface area contributed by atoms with Crippen molar-refractivity contribution >= 4 is 58.8 Å². The fourth-order valence-corrected chi connectivity index (χ4v) is 5.36. The Morgan fingerprint density at radius 3 is 1.66 bits per heavy atom. The average Bonchev–Trinajstić information content (AvgIpc) is 2.97. The Labute approximate surface area is 328 Å². The highest BCUT2D eigenvalue weighted by atomic mass is 127. The summed E-state index contributed by atoms with van der Waals surface area (Å²) in [5.74, 6) is -4.68. The Morgan fingerprint density at radius 1 is 0.755 bits per heavy atom. The van der Waals surface area contributed by atoms with Gasteiger partial charge in [-0.2, -0.15) is 0 Å². The standard InChI is InChI=1S/C39H59IN2O11/c1-35(2,3)31(45)49-20-24-26(50-32(46)36(4,5)6)27(51-33(47)37(7,8)9)29(52-30(24)53-34(48)38(10,11)12)42(21-43)25(28(44)41-39(13,14)15)22-17-16-18-23(40)19-22/h16-19,21,24-27,29-30H,20H2,1-15H3,(H,41,44)/t24-,25+,26-,27-,29-,30-/m1/s1. The van der Waals surface area contributed by atoms with E-state index in [4.69, 9.17) is 23.7 Å². The molecule has 298 valence electrons. The van der Waals surface area contributed by atoms with Gasteiger partial charge in [-0.05, 0) is 144 Å². The molecule has 0 aromatic heterocycles. The van der Waals surface area contributed by atoms with Gasteiger partial charge in [0.15, 0.2) is 18.4 Å². The highest BCUT2D eigenvalue weighted by Crippen LogP contribution is 2.39. The second-order valence-electron chi connectivity index (χ2n) is 18.6. The van der Waals surface area contributed by atoms with Crippen LogP contribution in [-0.4, -0.2) is 78.0 Å². The molecule has 13 nitrogen and oxygen atoms in total. The molecule has 1 heterocycles. The molecule has 1 aromatic rings. The molecule has 1 aliphatic rings. The largest absolute Gasteiger partial charge is 0.465 e. The number of nitrogens with one attached hydrogen (secondary N) is 1. The lowest BCUT2D eigenvalue weighted by atomic mass is 9.89. The zero-order valence-electron chi connectivity index (χ0n) is 33.9. The van der Waals surface area contributed by atoms with Crippen LogP contribution in [0.4, 0.5) is 0 Å². The van der Waals surface area contributed by atoms with Crippen LogP contribution in [0.5, 0.6) is 0 Å². The van der Waals surface area contributed by atoms with Crippen molar-refractivity contribution in [1.29, 1.82) is 0 Å². The van der Waals surface area contributed by atoms with Gasteiger partial charge in [-0.3, -0.25) is 33.7 Å². The van der Waals surface area contributed by atoms with Gasteiger partial charge in [-0.1, -0.05) is 12.1 Å². The number of amides is 2. The first kappa shape index (κ1) is 45.9. The van der Waals surface area contributed by atoms with Crippen molar-refractivity contribution < 1.29 is 52.5 Å². The molecule has 2 amide bonds. The lowest BCUT2D eigenvalue weighted by Gasteiger charge is -2.49. The molecule has 0 aliphatic carbocycles. The summed E-state index contributed by atoms with van der Waals surface area (Å²) < 4.78 is 31.2. The number of halogens is 1. The maximum Gasteiger partial charge on any atom is 0.313 e. The Morgan fingerprint density at radius 2 is 1.23 bits per heavy atom. The zero-order chi connectivity index (χ0) is 41.1. The van der Waals surface area contributed by atoms with Crippen LogP contribution in [-0.2, 0) is 52.5 Å². The number of esters is 4. The third-order valence-corrected chi connectivity index (χ3v) is 8.51. The monoisotopic (exact) mass is 858 g/mol. The van der Waals surface area contributed by atoms with Crippen molar-refractivity contribution in [2.24, 2.45) is 27.6 Å². The van der Waals surface area contributed by atoms with Crippen LogP contribution in [0.15, 0.2) is 24.3 Å². The van der Waals surface area contributed by atoms with Crippen LogP contribution in [0.25, 0.3) is 0 Å². The first-order chi connectivity index (χ1) is 23.9. The summed E-state index contributed by atoms with van der Waals surface area (Å²) in [5, 5.41) is 2.92. The minimum Gasteiger partial charge on any atom is -0.465 e. The van der Waals surface area contributed by atoms with Crippen molar-refractivity contribution in [2.45, 2.75) is 140 Å². The van der Waals surface area contributed by atoms with Gasteiger partial charge in [0, 0.05) is 9.11 Å². The van der Waals surface area contributed by atoms with Crippen molar-refractivity contribution in [2.75, 3.05) is 6.61 Å². The smallest absolute Gasteiger partial charge is 0.313 e. The van der Waals surface area contributed by atoms with E-state index in [2.05, 4.69) is 27.9 Å². The van der Waals surface area contributed by atoms with E-state index in [1.807, 2.05) is 6.07 Å². The van der Waals surface area contributed by atoms with Crippen molar-refractivity contribution in [3.05, 3.63) is 33.4 Å². The van der Waals surface area contributed by atoms with Crippen molar-refractivity contribution in [1.82, 2.24) is 10.2 Å². The summed E-state index contributed by atoms with van der Waals surface area (Å²) in [7, 11) is 0. The number of nitrogens with zero attached hydrogens (tertiary/aromatic N) is 1. The van der Waals surface area contributed by atoms with E-state index in [9.17, 15) is 28.8 Å². The molecule has 0 radical (unpaired) electrons. The van der Waals surface area contributed by atoms with E-state index in [1.165, 1.54) is 0 Å². The predicted octanol–water partition coefficient (Wildman–Crippen LogP) is 6.10. The summed E-state index contributed by atoms with van der Waals surface area (Å²) in [6, 6.07) is 5.53. The Hall–Kier alpha value is -3.27. The lowest BCUT2D eigenvalue weighted by Crippen LogP contribution is -2.66. The maximum atomic E-state index is 14.2. The van der Waals surface area contributed by atoms with Crippen molar-refractivity contribution in [3.63, 3.8) is 0 Å². The number of benzene rings is 1. The average molecular weight is 859 g/mol. The number of hydrogen-bond donors (Lipinski definition) is 1. The van der Waals surface area contributed by atoms with Crippen LogP contribution in [0.2, 0.25) is 0 Å². The summed E-state index contributed by atoms with van der Waals surface area (Å²) in [4.78, 5) is 82.7. The first-order valence-electron chi connectivity index (χ1n) is 17.6. The molecule has 6 atom stereocenters. The molecular weight excluding hydrogens is 799 g/mol. The van der Waals surface area contributed by atoms with Gasteiger partial charge in [0.1, 0.15) is 12.6 Å². The van der Waals surface area contributed by atoms with Gasteiger partial charge < -0.3 is 29.0 Å². The molecule has 1 saturated heterocycles. The van der Waals surface area contributed by atoms with Gasteiger partial charge in [0.25, 0.3) is 0 Å². The van der Waals surface area contributed by atoms with Crippen molar-refractivity contribution in [3.8, 4) is 0 Å². The number of carbonyl (C=O) groups excluding carboxylic acids is 6. The van der Waals surface area contributed by atoms with E-state index in [1.54, 1.807) is 122 Å². The fraction of sp³-hybridized carbons (Fsp3) is 0.692. The molecule has 0 unspecified atom stereocenters. The van der Waals surface area contributed by atoms with Gasteiger partial charge in [-0.15, -0.1) is 0 Å². The van der Waals surface area contributed by atoms with E-state index >= 15 is 0 Å². The molecule has 53 heavy (non-hydrogen) atoms. The number of carbonyl (C=O) groups is 6. The summed E-state index contributed by atoms with van der Waals surface area (Å²) in [6.07, 6.45) is -6.08. The Balaban J connectivity index is 3.02. The highest BCUT2D eigenvalue weighted by molar-refractivity contribution is 14.1. The van der Waals surface area contributed by atoms with Gasteiger partial charge in [0.2, 0.25) is 18.6 Å². The molecule has 2 rings (SSSR count). The topological polar surface area (TPSA) is 164 Å². The zero-order valence-corrected chi connectivity index (χ0v) is 36.0. The predicted molar refractivity (Wildman–Crippen MR) is 204 cm³/mol. The molecule has 0 spiro atoms. The summed E-state index contributed by atoms with van der Waals surface area (Å²) in [6.45, 7) is 24.4. The molecule has 1 aromatic carbocycles. The molecule has 14 heteroatoms. The van der Waals surface area contributed by atoms with Crippen LogP contribution in [0.3, 0.4) is 0 Å². The maximum absolute atomic E-state index is 14.2. The minimum absolute atomic E-state index is 0.376. The normalized spacial score (nSPS) is 21.8. The van der Waals surface area contributed by atoms with E-state index in [-0.39, 0.29) is 0 Å². The number of hydrogen-bond acceptors (Lipinski definition) is 11. The quantitative estimate of drug-likeness (QED) is 0.125. The minimum atomic E-state index is -1.68. The van der Waals surface area contributed by atoms with Crippen LogP contribution in [0, 0.1) is 31.1 Å². The van der Waals surface area contributed by atoms with E-state index in [0.29, 0.717) is 12.0 Å². The number of rotatable bonds is 10. The Bertz CT molecular complexity index is 1510. The molecule has 0 bridgehead atoms. The van der Waals surface area contributed by atoms with E-state index < -0.39 is 100 Å². The SMILES string of the molecule is CC(C)(C)NC(=O)[C@H](c1cccc(I)c1)N(C=O)[C@@H]1O[C@H](OC(=O)C(C)(C)C)[C@H](COC(=O)C(C)(C)C)[C@@H](OC(=O)C(C)(C)C)[C@H]1OC(=O)C(C)(C)C.